The summed E-state index contributed by atoms with van der Waals surface area (Å²) in [6, 6.07) is 8.32. The maximum atomic E-state index is 13.9. The molecule has 1 aromatic carbocycles. The Hall–Kier alpha value is -4.36. The number of H-pyrrole nitrogens is 2. The van der Waals surface area contributed by atoms with Gasteiger partial charge in [0.15, 0.2) is 11.5 Å². The van der Waals surface area contributed by atoms with E-state index in [0.717, 1.165) is 52.3 Å². The Bertz CT molecular complexity index is 1730. The summed E-state index contributed by atoms with van der Waals surface area (Å²) in [7, 11) is 0. The van der Waals surface area contributed by atoms with E-state index in [1.165, 1.54) is 36.1 Å². The quantitative estimate of drug-likeness (QED) is 0.252. The Kier molecular flexibility index (Phi) is 8.31. The number of fused-ring (bicyclic) bond motifs is 1. The maximum Gasteiger partial charge on any atom is 0.178 e. The third-order valence-corrected chi connectivity index (χ3v) is 7.50. The zero-order chi connectivity index (χ0) is 28.1. The van der Waals surface area contributed by atoms with E-state index in [4.69, 9.17) is 0 Å². The Morgan fingerprint density at radius 1 is 1.20 bits per heavy atom. The number of halogens is 1. The van der Waals surface area contributed by atoms with Gasteiger partial charge in [-0.05, 0) is 98.7 Å². The highest BCUT2D eigenvalue weighted by Gasteiger charge is 2.15. The summed E-state index contributed by atoms with van der Waals surface area (Å²) < 4.78 is 13.9. The van der Waals surface area contributed by atoms with Gasteiger partial charge in [-0.3, -0.25) is 5.10 Å². The first kappa shape index (κ1) is 27.2. The van der Waals surface area contributed by atoms with Crippen molar-refractivity contribution in [1.29, 1.82) is 0 Å². The van der Waals surface area contributed by atoms with Crippen LogP contribution in [0.5, 0.6) is 0 Å². The summed E-state index contributed by atoms with van der Waals surface area (Å²) in [6.45, 7) is 14.7. The molecule has 4 aromatic rings. The number of rotatable bonds is 8. The van der Waals surface area contributed by atoms with Crippen LogP contribution in [0.15, 0.2) is 84.1 Å². The fourth-order valence-corrected chi connectivity index (χ4v) is 5.18. The van der Waals surface area contributed by atoms with Crippen LogP contribution in [-0.2, 0) is 0 Å². The van der Waals surface area contributed by atoms with Crippen LogP contribution in [0.25, 0.3) is 46.5 Å². The molecule has 0 bridgehead atoms. The minimum absolute atomic E-state index is 0.294. The van der Waals surface area contributed by atoms with Crippen molar-refractivity contribution in [3.63, 3.8) is 0 Å². The molecule has 0 atom stereocenters. The summed E-state index contributed by atoms with van der Waals surface area (Å²) in [5.74, 6) is 0.964. The molecule has 40 heavy (non-hydrogen) atoms. The molecular formula is C33H35FN6. The molecule has 4 heterocycles. The lowest BCUT2D eigenvalue weighted by Crippen LogP contribution is -2.27. The molecule has 6 nitrogen and oxygen atoms in total. The van der Waals surface area contributed by atoms with Gasteiger partial charge in [0, 0.05) is 17.0 Å². The minimum atomic E-state index is -0.294. The third kappa shape index (κ3) is 5.95. The molecule has 204 valence electrons. The van der Waals surface area contributed by atoms with E-state index in [2.05, 4.69) is 75.7 Å². The van der Waals surface area contributed by atoms with Gasteiger partial charge in [0.1, 0.15) is 11.5 Å². The van der Waals surface area contributed by atoms with Gasteiger partial charge in [0.25, 0.3) is 0 Å². The SMILES string of the molecule is C=C\C(=C/C(=C\C)C(/C)=C/C=c1/[nH]nc(-c2nc3nccc(-c4cccc(F)c4)c3[nH]2)c1=C)CC1CCNCC1. The number of hydrogen-bond donors (Lipinski definition) is 3. The van der Waals surface area contributed by atoms with E-state index in [1.54, 1.807) is 12.3 Å². The monoisotopic (exact) mass is 534 g/mol. The van der Waals surface area contributed by atoms with Crippen LogP contribution in [0.2, 0.25) is 0 Å². The minimum Gasteiger partial charge on any atom is -0.335 e. The van der Waals surface area contributed by atoms with E-state index >= 15 is 0 Å². The maximum absolute atomic E-state index is 13.9. The van der Waals surface area contributed by atoms with E-state index in [-0.39, 0.29) is 5.82 Å². The normalized spacial score (nSPS) is 16.2. The van der Waals surface area contributed by atoms with Gasteiger partial charge in [0.05, 0.1) is 10.9 Å². The first-order chi connectivity index (χ1) is 19.5. The van der Waals surface area contributed by atoms with Crippen LogP contribution >= 0.6 is 0 Å². The molecule has 0 radical (unpaired) electrons. The molecule has 1 fully saturated rings. The van der Waals surface area contributed by atoms with Crippen LogP contribution in [0.1, 0.15) is 33.1 Å². The second-order valence-electron chi connectivity index (χ2n) is 10.2. The Morgan fingerprint density at radius 3 is 2.77 bits per heavy atom. The lowest BCUT2D eigenvalue weighted by molar-refractivity contribution is 0.374. The molecule has 1 saturated heterocycles. The number of nitrogens with zero attached hydrogens (tertiary/aromatic N) is 3. The highest BCUT2D eigenvalue weighted by molar-refractivity contribution is 5.91. The number of allylic oxidation sites excluding steroid dienone is 7. The van der Waals surface area contributed by atoms with Crippen molar-refractivity contribution in [2.45, 2.75) is 33.1 Å². The largest absolute Gasteiger partial charge is 0.335 e. The van der Waals surface area contributed by atoms with Gasteiger partial charge in [-0.25, -0.2) is 14.4 Å². The molecule has 3 N–H and O–H groups in total. The average Bonchev–Trinajstić information content (AvgIpc) is 3.57. The molecular weight excluding hydrogens is 499 g/mol. The summed E-state index contributed by atoms with van der Waals surface area (Å²) in [5, 5.41) is 12.5. The fraction of sp³-hybridized carbons (Fsp3) is 0.242. The van der Waals surface area contributed by atoms with Crippen LogP contribution in [0, 0.1) is 11.7 Å². The molecule has 0 unspecified atom stereocenters. The number of hydrogen-bond acceptors (Lipinski definition) is 4. The van der Waals surface area contributed by atoms with E-state index < -0.39 is 0 Å². The number of imidazole rings is 1. The fourth-order valence-electron chi connectivity index (χ4n) is 5.18. The molecule has 0 amide bonds. The van der Waals surface area contributed by atoms with Gasteiger partial charge in [0.2, 0.25) is 0 Å². The number of aromatic nitrogens is 5. The van der Waals surface area contributed by atoms with Gasteiger partial charge in [-0.15, -0.1) is 0 Å². The summed E-state index contributed by atoms with van der Waals surface area (Å²) in [4.78, 5) is 12.4. The summed E-state index contributed by atoms with van der Waals surface area (Å²) in [5.41, 5.74) is 7.01. The molecule has 1 aliphatic heterocycles. The zero-order valence-electron chi connectivity index (χ0n) is 23.1. The Balaban J connectivity index is 1.41. The van der Waals surface area contributed by atoms with Gasteiger partial charge < -0.3 is 10.3 Å². The van der Waals surface area contributed by atoms with Gasteiger partial charge in [-0.1, -0.05) is 49.6 Å². The van der Waals surface area contributed by atoms with Crippen molar-refractivity contribution in [2.75, 3.05) is 13.1 Å². The topological polar surface area (TPSA) is 82.3 Å². The van der Waals surface area contributed by atoms with Crippen molar-refractivity contribution in [3.05, 3.63) is 101 Å². The van der Waals surface area contributed by atoms with Crippen LogP contribution in [0.3, 0.4) is 0 Å². The Morgan fingerprint density at radius 2 is 2.02 bits per heavy atom. The van der Waals surface area contributed by atoms with E-state index in [1.807, 2.05) is 24.3 Å². The second-order valence-corrected chi connectivity index (χ2v) is 10.2. The zero-order valence-corrected chi connectivity index (χ0v) is 23.1. The van der Waals surface area contributed by atoms with Gasteiger partial charge >= 0.3 is 0 Å². The first-order valence-corrected chi connectivity index (χ1v) is 13.7. The average molecular weight is 535 g/mol. The van der Waals surface area contributed by atoms with Crippen molar-refractivity contribution in [2.24, 2.45) is 5.92 Å². The predicted molar refractivity (Wildman–Crippen MR) is 162 cm³/mol. The van der Waals surface area contributed by atoms with Crippen molar-refractivity contribution in [1.82, 2.24) is 30.5 Å². The van der Waals surface area contributed by atoms with Crippen LogP contribution in [-0.4, -0.2) is 38.2 Å². The molecule has 0 saturated carbocycles. The number of piperidine rings is 1. The predicted octanol–water partition coefficient (Wildman–Crippen LogP) is 5.74. The second kappa shape index (κ2) is 12.2. The number of benzene rings is 1. The summed E-state index contributed by atoms with van der Waals surface area (Å²) in [6.07, 6.45) is 15.6. The molecule has 7 heteroatoms. The lowest BCUT2D eigenvalue weighted by atomic mass is 9.89. The highest BCUT2D eigenvalue weighted by atomic mass is 19.1. The molecule has 1 aliphatic rings. The van der Waals surface area contributed by atoms with E-state index in [9.17, 15) is 4.39 Å². The smallest absolute Gasteiger partial charge is 0.178 e. The molecule has 0 spiro atoms. The van der Waals surface area contributed by atoms with Crippen LogP contribution < -0.4 is 15.9 Å². The van der Waals surface area contributed by atoms with Crippen molar-refractivity contribution < 1.29 is 4.39 Å². The third-order valence-electron chi connectivity index (χ3n) is 7.50. The number of pyridine rings is 1. The number of aromatic amines is 2. The highest BCUT2D eigenvalue weighted by Crippen LogP contribution is 2.28. The lowest BCUT2D eigenvalue weighted by Gasteiger charge is -2.23. The van der Waals surface area contributed by atoms with Crippen LogP contribution in [0.4, 0.5) is 4.39 Å². The van der Waals surface area contributed by atoms with E-state index in [0.29, 0.717) is 23.1 Å². The molecule has 0 aliphatic carbocycles. The number of nitrogens with one attached hydrogen (secondary N) is 3. The first-order valence-electron chi connectivity index (χ1n) is 13.7. The molecule has 3 aromatic heterocycles. The summed E-state index contributed by atoms with van der Waals surface area (Å²) >= 11 is 0. The molecule has 5 rings (SSSR count). The Labute approximate surface area is 233 Å². The van der Waals surface area contributed by atoms with Crippen molar-refractivity contribution >= 4 is 23.8 Å². The standard InChI is InChI=1S/C33H35FN6/c1-5-23(18-24-12-15-35-16-13-24)19-25(6-2)21(3)10-11-29-22(4)30(40-39-29)33-37-31-28(14-17-36-32(31)38-33)26-8-7-9-27(34)20-26/h5-11,14,17,19-20,24,35,39H,1,4,12-13,15-16,18H2,2-3H3,(H,36,37,38)/b21-10+,23-19+,25-6+,29-11+. The van der Waals surface area contributed by atoms with Gasteiger partial charge in [-0.2, -0.15) is 5.10 Å². The van der Waals surface area contributed by atoms with Crippen molar-refractivity contribution in [3.8, 4) is 22.6 Å².